The van der Waals surface area contributed by atoms with Gasteiger partial charge in [0, 0.05) is 31.3 Å². The molecule has 1 rings (SSSR count). The highest BCUT2D eigenvalue weighted by Crippen LogP contribution is 2.34. The SMILES string of the molecule is CCCCCC(C)NC(=NC)NCc1cc(OC)c(OC)cc1OC.I. The van der Waals surface area contributed by atoms with Crippen molar-refractivity contribution in [1.29, 1.82) is 0 Å². The quantitative estimate of drug-likeness (QED) is 0.230. The van der Waals surface area contributed by atoms with Gasteiger partial charge in [0.1, 0.15) is 5.75 Å². The molecule has 0 radical (unpaired) electrons. The lowest BCUT2D eigenvalue weighted by molar-refractivity contribution is 0.347. The van der Waals surface area contributed by atoms with Gasteiger partial charge in [-0.25, -0.2) is 0 Å². The first kappa shape index (κ1) is 24.6. The van der Waals surface area contributed by atoms with Gasteiger partial charge in [-0.15, -0.1) is 24.0 Å². The molecule has 150 valence electrons. The molecule has 1 aromatic carbocycles. The molecule has 0 aromatic heterocycles. The molecule has 1 aromatic rings. The summed E-state index contributed by atoms with van der Waals surface area (Å²) in [6, 6.07) is 4.13. The largest absolute Gasteiger partial charge is 0.496 e. The number of nitrogens with zero attached hydrogens (tertiary/aromatic N) is 1. The van der Waals surface area contributed by atoms with E-state index in [0.29, 0.717) is 24.1 Å². The fourth-order valence-corrected chi connectivity index (χ4v) is 2.61. The molecule has 7 heteroatoms. The average molecular weight is 479 g/mol. The topological polar surface area (TPSA) is 64.1 Å². The highest BCUT2D eigenvalue weighted by molar-refractivity contribution is 14.0. The molecule has 1 unspecified atom stereocenters. The van der Waals surface area contributed by atoms with Crippen LogP contribution in [0, 0.1) is 0 Å². The van der Waals surface area contributed by atoms with Crippen LogP contribution in [0.2, 0.25) is 0 Å². The Morgan fingerprint density at radius 3 is 2.19 bits per heavy atom. The number of benzene rings is 1. The van der Waals surface area contributed by atoms with Gasteiger partial charge < -0.3 is 24.8 Å². The first-order valence-corrected chi connectivity index (χ1v) is 8.85. The zero-order valence-electron chi connectivity index (χ0n) is 16.8. The summed E-state index contributed by atoms with van der Waals surface area (Å²) >= 11 is 0. The van der Waals surface area contributed by atoms with Gasteiger partial charge in [-0.3, -0.25) is 4.99 Å². The van der Waals surface area contributed by atoms with Crippen molar-refractivity contribution in [2.75, 3.05) is 28.4 Å². The van der Waals surface area contributed by atoms with Gasteiger partial charge in [-0.2, -0.15) is 0 Å². The lowest BCUT2D eigenvalue weighted by atomic mass is 10.1. The van der Waals surface area contributed by atoms with Crippen molar-refractivity contribution >= 4 is 29.9 Å². The van der Waals surface area contributed by atoms with Gasteiger partial charge in [0.05, 0.1) is 21.3 Å². The molecule has 0 aliphatic heterocycles. The van der Waals surface area contributed by atoms with Crippen LogP contribution in [0.15, 0.2) is 17.1 Å². The number of unbranched alkanes of at least 4 members (excludes halogenated alkanes) is 2. The number of methoxy groups -OCH3 is 3. The molecule has 0 fully saturated rings. The van der Waals surface area contributed by atoms with Crippen molar-refractivity contribution < 1.29 is 14.2 Å². The molecule has 2 N–H and O–H groups in total. The molecule has 0 bridgehead atoms. The normalized spacial score (nSPS) is 12.0. The Hall–Kier alpha value is -1.38. The molecular weight excluding hydrogens is 445 g/mol. The Balaban J connectivity index is 0.00000625. The van der Waals surface area contributed by atoms with Crippen LogP contribution in [-0.2, 0) is 6.54 Å². The minimum absolute atomic E-state index is 0. The number of hydrogen-bond donors (Lipinski definition) is 2. The van der Waals surface area contributed by atoms with Crippen LogP contribution in [0.1, 0.15) is 45.1 Å². The maximum atomic E-state index is 5.46. The molecule has 0 saturated heterocycles. The molecule has 6 nitrogen and oxygen atoms in total. The maximum Gasteiger partial charge on any atom is 0.191 e. The lowest BCUT2D eigenvalue weighted by Gasteiger charge is -2.19. The van der Waals surface area contributed by atoms with Crippen LogP contribution in [-0.4, -0.2) is 40.4 Å². The summed E-state index contributed by atoms with van der Waals surface area (Å²) in [5.74, 6) is 2.85. The van der Waals surface area contributed by atoms with Crippen molar-refractivity contribution in [3.63, 3.8) is 0 Å². The Morgan fingerprint density at radius 1 is 1.04 bits per heavy atom. The maximum absolute atomic E-state index is 5.46. The van der Waals surface area contributed by atoms with Crippen molar-refractivity contribution in [2.45, 2.75) is 52.1 Å². The Kier molecular flexibility index (Phi) is 13.0. The molecule has 0 amide bonds. The first-order chi connectivity index (χ1) is 12.1. The van der Waals surface area contributed by atoms with E-state index in [-0.39, 0.29) is 24.0 Å². The highest BCUT2D eigenvalue weighted by atomic mass is 127. The molecule has 1 atom stereocenters. The summed E-state index contributed by atoms with van der Waals surface area (Å²) in [5, 5.41) is 6.76. The van der Waals surface area contributed by atoms with E-state index in [0.717, 1.165) is 23.7 Å². The van der Waals surface area contributed by atoms with E-state index in [1.54, 1.807) is 28.4 Å². The van der Waals surface area contributed by atoms with E-state index < -0.39 is 0 Å². The molecule has 0 spiro atoms. The Labute approximate surface area is 175 Å². The average Bonchev–Trinajstić information content (AvgIpc) is 2.64. The van der Waals surface area contributed by atoms with E-state index in [9.17, 15) is 0 Å². The van der Waals surface area contributed by atoms with E-state index in [1.165, 1.54) is 19.3 Å². The minimum Gasteiger partial charge on any atom is -0.496 e. The Morgan fingerprint density at radius 2 is 1.65 bits per heavy atom. The third kappa shape index (κ3) is 7.88. The van der Waals surface area contributed by atoms with Crippen molar-refractivity contribution in [3.05, 3.63) is 17.7 Å². The number of guanidine groups is 1. The number of ether oxygens (including phenoxy) is 3. The minimum atomic E-state index is 0. The van der Waals surface area contributed by atoms with Gasteiger partial charge in [0.2, 0.25) is 0 Å². The molecule has 0 saturated carbocycles. The van der Waals surface area contributed by atoms with Crippen LogP contribution in [0.5, 0.6) is 17.2 Å². The van der Waals surface area contributed by atoms with Crippen molar-refractivity contribution in [1.82, 2.24) is 10.6 Å². The van der Waals surface area contributed by atoms with Gasteiger partial charge in [0.15, 0.2) is 17.5 Å². The molecule has 0 aliphatic carbocycles. The van der Waals surface area contributed by atoms with Crippen LogP contribution >= 0.6 is 24.0 Å². The van der Waals surface area contributed by atoms with Crippen LogP contribution < -0.4 is 24.8 Å². The molecular formula is C19H34IN3O3. The number of halogens is 1. The fraction of sp³-hybridized carbons (Fsp3) is 0.632. The number of aliphatic imine (C=N–C) groups is 1. The predicted octanol–water partition coefficient (Wildman–Crippen LogP) is 3.96. The smallest absolute Gasteiger partial charge is 0.191 e. The van der Waals surface area contributed by atoms with E-state index in [2.05, 4.69) is 29.5 Å². The number of hydrogen-bond acceptors (Lipinski definition) is 4. The standard InChI is InChI=1S/C19H33N3O3.HI/c1-7-8-9-10-14(2)22-19(20-3)21-13-15-11-17(24-5)18(25-6)12-16(15)23-4;/h11-12,14H,7-10,13H2,1-6H3,(H2,20,21,22);1H. The third-order valence-electron chi connectivity index (χ3n) is 4.08. The summed E-state index contributed by atoms with van der Waals surface area (Å²) in [6.07, 6.45) is 4.86. The first-order valence-electron chi connectivity index (χ1n) is 8.85. The van der Waals surface area contributed by atoms with Gasteiger partial charge >= 0.3 is 0 Å². The highest BCUT2D eigenvalue weighted by Gasteiger charge is 2.12. The van der Waals surface area contributed by atoms with Crippen LogP contribution in [0.4, 0.5) is 0 Å². The van der Waals surface area contributed by atoms with E-state index >= 15 is 0 Å². The molecule has 26 heavy (non-hydrogen) atoms. The number of rotatable bonds is 10. The second-order valence-corrected chi connectivity index (χ2v) is 5.99. The van der Waals surface area contributed by atoms with Crippen molar-refractivity contribution in [3.8, 4) is 17.2 Å². The van der Waals surface area contributed by atoms with Gasteiger partial charge in [-0.1, -0.05) is 26.2 Å². The van der Waals surface area contributed by atoms with Gasteiger partial charge in [-0.05, 0) is 19.4 Å². The monoisotopic (exact) mass is 479 g/mol. The summed E-state index contributed by atoms with van der Waals surface area (Å²) in [4.78, 5) is 4.30. The van der Waals surface area contributed by atoms with Gasteiger partial charge in [0.25, 0.3) is 0 Å². The number of nitrogens with one attached hydrogen (secondary N) is 2. The van der Waals surface area contributed by atoms with Crippen molar-refractivity contribution in [2.24, 2.45) is 4.99 Å². The lowest BCUT2D eigenvalue weighted by Crippen LogP contribution is -2.41. The molecule has 0 heterocycles. The van der Waals surface area contributed by atoms with E-state index in [4.69, 9.17) is 14.2 Å². The molecule has 0 aliphatic rings. The second kappa shape index (κ2) is 13.8. The zero-order valence-corrected chi connectivity index (χ0v) is 19.2. The second-order valence-electron chi connectivity index (χ2n) is 5.99. The van der Waals surface area contributed by atoms with E-state index in [1.807, 2.05) is 12.1 Å². The van der Waals surface area contributed by atoms with Crippen LogP contribution in [0.25, 0.3) is 0 Å². The predicted molar refractivity (Wildman–Crippen MR) is 118 cm³/mol. The summed E-state index contributed by atoms with van der Waals surface area (Å²) in [7, 11) is 6.66. The zero-order chi connectivity index (χ0) is 18.7. The summed E-state index contributed by atoms with van der Waals surface area (Å²) < 4.78 is 16.2. The summed E-state index contributed by atoms with van der Waals surface area (Å²) in [5.41, 5.74) is 0.974. The third-order valence-corrected chi connectivity index (χ3v) is 4.08. The Bertz CT molecular complexity index is 553. The fourth-order valence-electron chi connectivity index (χ4n) is 2.61. The summed E-state index contributed by atoms with van der Waals surface area (Å²) in [6.45, 7) is 4.97. The van der Waals surface area contributed by atoms with Crippen LogP contribution in [0.3, 0.4) is 0 Å².